The van der Waals surface area contributed by atoms with Crippen LogP contribution in [0.15, 0.2) is 59.5 Å². The van der Waals surface area contributed by atoms with E-state index in [1.54, 1.807) is 0 Å². The normalized spacial score (nSPS) is 13.3. The second-order valence-electron chi connectivity index (χ2n) is 6.72. The largest absolute Gasteiger partial charge is 0.449 e. The molecule has 2 rings (SSSR count). The fourth-order valence-electron chi connectivity index (χ4n) is 2.65. The van der Waals surface area contributed by atoms with Gasteiger partial charge in [-0.2, -0.15) is 0 Å². The summed E-state index contributed by atoms with van der Waals surface area (Å²) in [5.74, 6) is -1.17. The highest BCUT2D eigenvalue weighted by atomic mass is 32.2. The van der Waals surface area contributed by atoms with Crippen molar-refractivity contribution in [2.75, 3.05) is 7.05 Å². The number of ether oxygens (including phenoxy) is 1. The highest BCUT2D eigenvalue weighted by Gasteiger charge is 2.21. The van der Waals surface area contributed by atoms with Gasteiger partial charge in [0.25, 0.3) is 5.91 Å². The van der Waals surface area contributed by atoms with E-state index in [0.717, 1.165) is 12.8 Å². The van der Waals surface area contributed by atoms with Gasteiger partial charge in [-0.3, -0.25) is 4.79 Å². The van der Waals surface area contributed by atoms with E-state index < -0.39 is 28.0 Å². The zero-order valence-electron chi connectivity index (χ0n) is 16.7. The molecule has 29 heavy (non-hydrogen) atoms. The van der Waals surface area contributed by atoms with Crippen LogP contribution in [0.25, 0.3) is 0 Å². The topological polar surface area (TPSA) is 102 Å². The van der Waals surface area contributed by atoms with Crippen LogP contribution in [0.4, 0.5) is 0 Å². The molecule has 0 saturated carbocycles. The van der Waals surface area contributed by atoms with Crippen molar-refractivity contribution in [2.24, 2.45) is 0 Å². The van der Waals surface area contributed by atoms with Crippen LogP contribution >= 0.6 is 0 Å². The summed E-state index contributed by atoms with van der Waals surface area (Å²) >= 11 is 0. The quantitative estimate of drug-likeness (QED) is 0.609. The number of aryl methyl sites for hydroxylation is 1. The lowest BCUT2D eigenvalue weighted by Gasteiger charge is -2.18. The number of benzene rings is 2. The minimum absolute atomic E-state index is 0.0538. The Hall–Kier alpha value is -2.71. The van der Waals surface area contributed by atoms with Crippen LogP contribution in [-0.2, 0) is 26.0 Å². The molecule has 0 bridgehead atoms. The number of carbonyl (C=O) groups excluding carboxylic acids is 2. The standard InChI is InChI=1S/C21H26N2O5S/c1-15(12-13-17-8-5-4-6-9-17)23-20(24)16(2)28-21(25)18-10-7-11-19(14-18)29(26,27)22-3/h4-11,14-16,22H,12-13H2,1-3H3,(H,23,24)/t15-,16+/m0/s1. The number of sulfonamides is 1. The van der Waals surface area contributed by atoms with Gasteiger partial charge in [0.15, 0.2) is 6.10 Å². The Bertz CT molecular complexity index is 945. The third kappa shape index (κ3) is 6.69. The molecule has 0 aliphatic heterocycles. The number of nitrogens with one attached hydrogen (secondary N) is 2. The predicted octanol–water partition coefficient (Wildman–Crippen LogP) is 2.28. The van der Waals surface area contributed by atoms with Crippen LogP contribution in [-0.4, -0.2) is 39.5 Å². The second kappa shape index (κ2) is 10.2. The van der Waals surface area contributed by atoms with Crippen LogP contribution in [0.1, 0.15) is 36.2 Å². The minimum Gasteiger partial charge on any atom is -0.449 e. The van der Waals surface area contributed by atoms with Crippen LogP contribution in [0, 0.1) is 0 Å². The lowest BCUT2D eigenvalue weighted by atomic mass is 10.1. The average Bonchev–Trinajstić information content (AvgIpc) is 2.73. The molecule has 0 heterocycles. The summed E-state index contributed by atoms with van der Waals surface area (Å²) in [7, 11) is -2.40. The molecule has 2 atom stereocenters. The molecule has 8 heteroatoms. The van der Waals surface area contributed by atoms with Gasteiger partial charge in [-0.1, -0.05) is 36.4 Å². The number of carbonyl (C=O) groups is 2. The van der Waals surface area contributed by atoms with Crippen LogP contribution in [0.5, 0.6) is 0 Å². The van der Waals surface area contributed by atoms with Crippen LogP contribution in [0.3, 0.4) is 0 Å². The van der Waals surface area contributed by atoms with E-state index in [-0.39, 0.29) is 16.5 Å². The van der Waals surface area contributed by atoms with Crippen molar-refractivity contribution in [3.05, 3.63) is 65.7 Å². The smallest absolute Gasteiger partial charge is 0.338 e. The minimum atomic E-state index is -3.68. The monoisotopic (exact) mass is 418 g/mol. The molecule has 156 valence electrons. The van der Waals surface area contributed by atoms with Crippen LogP contribution in [0.2, 0.25) is 0 Å². The maximum atomic E-state index is 12.3. The van der Waals surface area contributed by atoms with E-state index in [2.05, 4.69) is 10.0 Å². The lowest BCUT2D eigenvalue weighted by Crippen LogP contribution is -2.41. The molecule has 0 aromatic heterocycles. The molecule has 2 aromatic carbocycles. The van der Waals surface area contributed by atoms with Crippen molar-refractivity contribution < 1.29 is 22.7 Å². The predicted molar refractivity (Wildman–Crippen MR) is 110 cm³/mol. The number of hydrogen-bond acceptors (Lipinski definition) is 5. The van der Waals surface area contributed by atoms with E-state index in [0.29, 0.717) is 0 Å². The molecule has 0 aliphatic carbocycles. The zero-order valence-corrected chi connectivity index (χ0v) is 17.5. The third-order valence-corrected chi connectivity index (χ3v) is 5.81. The molecule has 2 N–H and O–H groups in total. The Labute approximate surface area is 171 Å². The van der Waals surface area contributed by atoms with E-state index in [4.69, 9.17) is 4.74 Å². The van der Waals surface area contributed by atoms with E-state index in [1.807, 2.05) is 37.3 Å². The molecule has 0 fully saturated rings. The Morgan fingerprint density at radius 1 is 1.03 bits per heavy atom. The Morgan fingerprint density at radius 3 is 2.38 bits per heavy atom. The van der Waals surface area contributed by atoms with Gasteiger partial charge < -0.3 is 10.1 Å². The van der Waals surface area contributed by atoms with Crippen molar-refractivity contribution in [2.45, 2.75) is 43.7 Å². The summed E-state index contributed by atoms with van der Waals surface area (Å²) < 4.78 is 31.1. The Morgan fingerprint density at radius 2 is 1.72 bits per heavy atom. The molecule has 0 aliphatic rings. The van der Waals surface area contributed by atoms with Crippen molar-refractivity contribution in [1.82, 2.24) is 10.0 Å². The van der Waals surface area contributed by atoms with E-state index in [9.17, 15) is 18.0 Å². The van der Waals surface area contributed by atoms with Crippen molar-refractivity contribution in [3.8, 4) is 0 Å². The van der Waals surface area contributed by atoms with Gasteiger partial charge in [-0.15, -0.1) is 0 Å². The number of hydrogen-bond donors (Lipinski definition) is 2. The number of amides is 1. The van der Waals surface area contributed by atoms with E-state index in [1.165, 1.54) is 43.8 Å². The molecule has 0 radical (unpaired) electrons. The zero-order chi connectivity index (χ0) is 21.4. The first-order valence-electron chi connectivity index (χ1n) is 9.32. The first kappa shape index (κ1) is 22.6. The summed E-state index contributed by atoms with van der Waals surface area (Å²) in [6.07, 6.45) is 0.565. The number of rotatable bonds is 9. The van der Waals surface area contributed by atoms with Gasteiger partial charge in [0.1, 0.15) is 0 Å². The molecular formula is C21H26N2O5S. The highest BCUT2D eigenvalue weighted by Crippen LogP contribution is 2.13. The summed E-state index contributed by atoms with van der Waals surface area (Å²) in [6.45, 7) is 3.37. The molecule has 0 spiro atoms. The molecule has 0 saturated heterocycles. The van der Waals surface area contributed by atoms with Crippen molar-refractivity contribution in [1.29, 1.82) is 0 Å². The summed E-state index contributed by atoms with van der Waals surface area (Å²) in [5.41, 5.74) is 1.24. The molecule has 7 nitrogen and oxygen atoms in total. The van der Waals surface area contributed by atoms with Crippen molar-refractivity contribution in [3.63, 3.8) is 0 Å². The molecule has 1 amide bonds. The first-order chi connectivity index (χ1) is 13.7. The van der Waals surface area contributed by atoms with Gasteiger partial charge in [-0.05, 0) is 57.5 Å². The molecule has 2 aromatic rings. The van der Waals surface area contributed by atoms with Gasteiger partial charge in [0.2, 0.25) is 10.0 Å². The maximum Gasteiger partial charge on any atom is 0.338 e. The molecule has 0 unspecified atom stereocenters. The number of esters is 1. The van der Waals surface area contributed by atoms with Gasteiger partial charge in [0.05, 0.1) is 10.5 Å². The fourth-order valence-corrected chi connectivity index (χ4v) is 3.43. The van der Waals surface area contributed by atoms with Crippen LogP contribution < -0.4 is 10.0 Å². The lowest BCUT2D eigenvalue weighted by molar-refractivity contribution is -0.129. The second-order valence-corrected chi connectivity index (χ2v) is 8.60. The SMILES string of the molecule is CNS(=O)(=O)c1cccc(C(=O)O[C@H](C)C(=O)N[C@@H](C)CCc2ccccc2)c1. The van der Waals surface area contributed by atoms with Gasteiger partial charge in [-0.25, -0.2) is 17.9 Å². The van der Waals surface area contributed by atoms with Crippen molar-refractivity contribution >= 4 is 21.9 Å². The van der Waals surface area contributed by atoms with Gasteiger partial charge in [0, 0.05) is 6.04 Å². The van der Waals surface area contributed by atoms with Gasteiger partial charge >= 0.3 is 5.97 Å². The fraction of sp³-hybridized carbons (Fsp3) is 0.333. The maximum absolute atomic E-state index is 12.3. The Kier molecular flexibility index (Phi) is 7.92. The highest BCUT2D eigenvalue weighted by molar-refractivity contribution is 7.89. The Balaban J connectivity index is 1.90. The summed E-state index contributed by atoms with van der Waals surface area (Å²) in [5, 5.41) is 2.83. The average molecular weight is 419 g/mol. The summed E-state index contributed by atoms with van der Waals surface area (Å²) in [6, 6.07) is 15.3. The molecular weight excluding hydrogens is 392 g/mol. The third-order valence-electron chi connectivity index (χ3n) is 4.40. The van der Waals surface area contributed by atoms with E-state index >= 15 is 0 Å². The summed E-state index contributed by atoms with van der Waals surface area (Å²) in [4.78, 5) is 24.6. The first-order valence-corrected chi connectivity index (χ1v) is 10.8.